The van der Waals surface area contributed by atoms with E-state index < -0.39 is 0 Å². The van der Waals surface area contributed by atoms with Gasteiger partial charge in [0.05, 0.1) is 5.69 Å². The predicted octanol–water partition coefficient (Wildman–Crippen LogP) is 3.68. The zero-order valence-electron chi connectivity index (χ0n) is 10.2. The lowest BCUT2D eigenvalue weighted by Crippen LogP contribution is -2.28. The lowest BCUT2D eigenvalue weighted by molar-refractivity contribution is 0.524. The van der Waals surface area contributed by atoms with Gasteiger partial charge in [0, 0.05) is 22.4 Å². The van der Waals surface area contributed by atoms with Crippen LogP contribution in [-0.4, -0.2) is 11.5 Å². The molecule has 0 aromatic carbocycles. The zero-order chi connectivity index (χ0) is 12.5. The highest BCUT2D eigenvalue weighted by molar-refractivity contribution is 7.10. The van der Waals surface area contributed by atoms with Crippen LogP contribution in [0.2, 0.25) is 0 Å². The van der Waals surface area contributed by atoms with Crippen molar-refractivity contribution >= 4 is 28.5 Å². The highest BCUT2D eigenvalue weighted by Gasteiger charge is 2.22. The molecule has 4 heteroatoms. The van der Waals surface area contributed by atoms with Crippen LogP contribution in [0.15, 0.2) is 22.6 Å². The number of rotatable bonds is 3. The van der Waals surface area contributed by atoms with Crippen LogP contribution in [0, 0.1) is 0 Å². The van der Waals surface area contributed by atoms with Crippen LogP contribution >= 0.6 is 22.9 Å². The average Bonchev–Trinajstić information content (AvgIpc) is 2.80. The quantitative estimate of drug-likeness (QED) is 0.908. The van der Waals surface area contributed by atoms with E-state index in [2.05, 4.69) is 25.3 Å². The second-order valence-corrected chi connectivity index (χ2v) is 6.27. The number of thiazole rings is 1. The fourth-order valence-corrected chi connectivity index (χ4v) is 2.85. The van der Waals surface area contributed by atoms with Crippen molar-refractivity contribution in [2.45, 2.75) is 32.1 Å². The van der Waals surface area contributed by atoms with Gasteiger partial charge in [0.15, 0.2) is 0 Å². The largest absolute Gasteiger partial charge is 0.330 e. The summed E-state index contributed by atoms with van der Waals surface area (Å²) in [7, 11) is 0. The maximum atomic E-state index is 5.95. The first kappa shape index (κ1) is 12.8. The number of hydrogen-bond acceptors (Lipinski definition) is 3. The maximum absolute atomic E-state index is 5.95. The van der Waals surface area contributed by atoms with Crippen LogP contribution in [0.1, 0.15) is 37.4 Å². The van der Waals surface area contributed by atoms with Crippen LogP contribution in [0.25, 0.3) is 5.57 Å². The van der Waals surface area contributed by atoms with Gasteiger partial charge < -0.3 is 5.73 Å². The predicted molar refractivity (Wildman–Crippen MR) is 75.3 cm³/mol. The monoisotopic (exact) mass is 268 g/mol. The molecule has 1 aliphatic rings. The Hall–Kier alpha value is -0.640. The van der Waals surface area contributed by atoms with E-state index in [1.54, 1.807) is 11.3 Å². The van der Waals surface area contributed by atoms with Gasteiger partial charge in [-0.15, -0.1) is 11.3 Å². The van der Waals surface area contributed by atoms with Gasteiger partial charge in [-0.3, -0.25) is 0 Å². The summed E-state index contributed by atoms with van der Waals surface area (Å²) < 4.78 is 0. The lowest BCUT2D eigenvalue weighted by atomic mass is 9.90. The third kappa shape index (κ3) is 2.79. The zero-order valence-corrected chi connectivity index (χ0v) is 11.7. The Balaban J connectivity index is 2.25. The fourth-order valence-electron chi connectivity index (χ4n) is 1.63. The van der Waals surface area contributed by atoms with E-state index in [1.165, 1.54) is 5.57 Å². The molecule has 1 aliphatic carbocycles. The highest BCUT2D eigenvalue weighted by Crippen LogP contribution is 2.32. The van der Waals surface area contributed by atoms with E-state index in [4.69, 9.17) is 22.3 Å². The van der Waals surface area contributed by atoms with Gasteiger partial charge >= 0.3 is 0 Å². The molecule has 0 unspecified atom stereocenters. The summed E-state index contributed by atoms with van der Waals surface area (Å²) in [4.78, 5) is 4.70. The summed E-state index contributed by atoms with van der Waals surface area (Å²) in [5, 5.41) is 4.14. The molecule has 0 saturated heterocycles. The van der Waals surface area contributed by atoms with Crippen molar-refractivity contribution < 1.29 is 0 Å². The SMILES string of the molecule is CC(C)(CN)c1csc(C2=CC=C(Cl)CC2)n1. The summed E-state index contributed by atoms with van der Waals surface area (Å²) in [5.74, 6) is 0. The number of nitrogens with two attached hydrogens (primary N) is 1. The van der Waals surface area contributed by atoms with Gasteiger partial charge in [-0.1, -0.05) is 31.5 Å². The summed E-state index contributed by atoms with van der Waals surface area (Å²) in [6, 6.07) is 0. The van der Waals surface area contributed by atoms with E-state index in [0.717, 1.165) is 28.6 Å². The maximum Gasteiger partial charge on any atom is 0.119 e. The third-order valence-corrected chi connectivity index (χ3v) is 4.31. The molecule has 2 N–H and O–H groups in total. The second-order valence-electron chi connectivity index (χ2n) is 4.93. The minimum absolute atomic E-state index is 0.0442. The van der Waals surface area contributed by atoms with Crippen molar-refractivity contribution in [1.29, 1.82) is 0 Å². The first-order valence-corrected chi connectivity index (χ1v) is 7.00. The van der Waals surface area contributed by atoms with Gasteiger partial charge in [-0.05, 0) is 24.5 Å². The van der Waals surface area contributed by atoms with Crippen LogP contribution in [0.4, 0.5) is 0 Å². The van der Waals surface area contributed by atoms with Crippen LogP contribution < -0.4 is 5.73 Å². The van der Waals surface area contributed by atoms with E-state index >= 15 is 0 Å². The van der Waals surface area contributed by atoms with Crippen molar-refractivity contribution in [3.05, 3.63) is 33.3 Å². The van der Waals surface area contributed by atoms with Gasteiger partial charge in [-0.2, -0.15) is 0 Å². The summed E-state index contributed by atoms with van der Waals surface area (Å²) in [5.41, 5.74) is 8.08. The van der Waals surface area contributed by atoms with Crippen LogP contribution in [-0.2, 0) is 5.41 Å². The highest BCUT2D eigenvalue weighted by atomic mass is 35.5. The standard InChI is InChI=1S/C13H17ClN2S/c1-13(2,8-15)11-7-17-12(16-11)9-3-5-10(14)6-4-9/h3,5,7H,4,6,8,15H2,1-2H3. The molecule has 0 radical (unpaired) electrons. The minimum atomic E-state index is -0.0442. The fraction of sp³-hybridized carbons (Fsp3) is 0.462. The summed E-state index contributed by atoms with van der Waals surface area (Å²) in [6.45, 7) is 4.86. The molecule has 0 saturated carbocycles. The average molecular weight is 269 g/mol. The van der Waals surface area contributed by atoms with E-state index in [9.17, 15) is 0 Å². The van der Waals surface area contributed by atoms with Crippen molar-refractivity contribution in [2.75, 3.05) is 6.54 Å². The first-order chi connectivity index (χ1) is 8.03. The molecule has 1 aromatic rings. The molecule has 0 spiro atoms. The van der Waals surface area contributed by atoms with Gasteiger partial charge in [0.2, 0.25) is 0 Å². The topological polar surface area (TPSA) is 38.9 Å². The Labute approximate surface area is 111 Å². The van der Waals surface area contributed by atoms with Crippen molar-refractivity contribution in [1.82, 2.24) is 4.98 Å². The molecular formula is C13H17ClN2S. The van der Waals surface area contributed by atoms with Crippen molar-refractivity contribution in [2.24, 2.45) is 5.73 Å². The van der Waals surface area contributed by atoms with Crippen LogP contribution in [0.5, 0.6) is 0 Å². The third-order valence-electron chi connectivity index (χ3n) is 3.08. The number of hydrogen-bond donors (Lipinski definition) is 1. The van der Waals surface area contributed by atoms with Crippen LogP contribution in [0.3, 0.4) is 0 Å². The Morgan fingerprint density at radius 1 is 1.41 bits per heavy atom. The molecule has 2 nitrogen and oxygen atoms in total. The Morgan fingerprint density at radius 2 is 2.18 bits per heavy atom. The summed E-state index contributed by atoms with van der Waals surface area (Å²) in [6.07, 6.45) is 5.94. The molecule has 0 fully saturated rings. The first-order valence-electron chi connectivity index (χ1n) is 5.74. The number of nitrogens with zero attached hydrogens (tertiary/aromatic N) is 1. The smallest absolute Gasteiger partial charge is 0.119 e. The number of halogens is 1. The summed E-state index contributed by atoms with van der Waals surface area (Å²) >= 11 is 7.64. The van der Waals surface area contributed by atoms with Crippen molar-refractivity contribution in [3.8, 4) is 0 Å². The van der Waals surface area contributed by atoms with E-state index in [-0.39, 0.29) is 5.41 Å². The molecule has 17 heavy (non-hydrogen) atoms. The lowest BCUT2D eigenvalue weighted by Gasteiger charge is -2.19. The number of aromatic nitrogens is 1. The molecule has 0 aliphatic heterocycles. The minimum Gasteiger partial charge on any atom is -0.330 e. The normalized spacial score (nSPS) is 16.7. The Morgan fingerprint density at radius 3 is 2.76 bits per heavy atom. The molecular weight excluding hydrogens is 252 g/mol. The molecule has 92 valence electrons. The Bertz CT molecular complexity index is 472. The second kappa shape index (κ2) is 4.92. The van der Waals surface area contributed by atoms with Gasteiger partial charge in [0.1, 0.15) is 5.01 Å². The molecule has 2 rings (SSSR count). The molecule has 1 aromatic heterocycles. The van der Waals surface area contributed by atoms with Crippen molar-refractivity contribution in [3.63, 3.8) is 0 Å². The molecule has 0 amide bonds. The van der Waals surface area contributed by atoms with E-state index in [0.29, 0.717) is 6.54 Å². The van der Waals surface area contributed by atoms with E-state index in [1.807, 2.05) is 6.08 Å². The molecule has 1 heterocycles. The number of allylic oxidation sites excluding steroid dienone is 4. The van der Waals surface area contributed by atoms with Gasteiger partial charge in [0.25, 0.3) is 0 Å². The molecule has 0 bridgehead atoms. The Kier molecular flexibility index (Phi) is 3.71. The molecule has 0 atom stereocenters. The van der Waals surface area contributed by atoms with Gasteiger partial charge in [-0.25, -0.2) is 4.98 Å².